The Morgan fingerprint density at radius 2 is 1.27 bits per heavy atom. The molecule has 0 amide bonds. The first-order valence-corrected chi connectivity index (χ1v) is 2.36. The van der Waals surface area contributed by atoms with Crippen molar-refractivity contribution in [2.24, 2.45) is 0 Å². The number of hydrogen-bond acceptors (Lipinski definition) is 3. The molecule has 0 aliphatic heterocycles. The number of rotatable bonds is 3. The van der Waals surface area contributed by atoms with Gasteiger partial charge >= 0.3 is 17.9 Å². The molecule has 11 heavy (non-hydrogen) atoms. The van der Waals surface area contributed by atoms with Gasteiger partial charge in [-0.2, -0.15) is 0 Å². The van der Waals surface area contributed by atoms with Crippen LogP contribution in [0.2, 0.25) is 0 Å². The molecule has 60 valence electrons. The van der Waals surface area contributed by atoms with Crippen LogP contribution in [0.25, 0.3) is 0 Å². The Bertz CT molecular complexity index is 221. The lowest BCUT2D eigenvalue weighted by molar-refractivity contribution is -0.141. The van der Waals surface area contributed by atoms with Crippen LogP contribution in [0.5, 0.6) is 0 Å². The second-order valence-corrected chi connectivity index (χ2v) is 1.51. The van der Waals surface area contributed by atoms with Gasteiger partial charge < -0.3 is 15.3 Å². The van der Waals surface area contributed by atoms with Crippen molar-refractivity contribution >= 4 is 17.9 Å². The molecular formula is C5H4O6. The highest BCUT2D eigenvalue weighted by Gasteiger charge is 2.16. The van der Waals surface area contributed by atoms with E-state index < -0.39 is 23.5 Å². The predicted octanol–water partition coefficient (Wildman–Crippen LogP) is -0.833. The van der Waals surface area contributed by atoms with Crippen LogP contribution >= 0.6 is 0 Å². The van der Waals surface area contributed by atoms with E-state index in [2.05, 4.69) is 0 Å². The van der Waals surface area contributed by atoms with Gasteiger partial charge in [-0.05, 0) is 0 Å². The summed E-state index contributed by atoms with van der Waals surface area (Å²) < 4.78 is 0. The Hall–Kier alpha value is -1.85. The zero-order valence-corrected chi connectivity index (χ0v) is 5.14. The summed E-state index contributed by atoms with van der Waals surface area (Å²) >= 11 is 0. The average molecular weight is 160 g/mol. The van der Waals surface area contributed by atoms with Crippen LogP contribution in [0.3, 0.4) is 0 Å². The molecule has 0 unspecified atom stereocenters. The minimum atomic E-state index is -1.78. The van der Waals surface area contributed by atoms with E-state index in [9.17, 15) is 14.4 Å². The normalized spacial score (nSPS) is 8.36. The fourth-order valence-corrected chi connectivity index (χ4v) is 0.338. The summed E-state index contributed by atoms with van der Waals surface area (Å²) in [7, 11) is 0. The van der Waals surface area contributed by atoms with E-state index in [1.807, 2.05) is 0 Å². The van der Waals surface area contributed by atoms with Crippen LogP contribution < -0.4 is 0 Å². The van der Waals surface area contributed by atoms with Gasteiger partial charge in [-0.1, -0.05) is 0 Å². The number of carbonyl (C=O) groups is 3. The van der Waals surface area contributed by atoms with E-state index in [4.69, 9.17) is 15.3 Å². The van der Waals surface area contributed by atoms with Crippen molar-refractivity contribution in [3.05, 3.63) is 11.6 Å². The van der Waals surface area contributed by atoms with Crippen molar-refractivity contribution in [2.75, 3.05) is 0 Å². The SMILES string of the molecule is O=C(O)C=C(C(=O)O)C(=O)O. The Balaban J connectivity index is 4.75. The average Bonchev–Trinajstić information content (AvgIpc) is 1.81. The molecule has 0 heterocycles. The van der Waals surface area contributed by atoms with Crippen LogP contribution in [0, 0.1) is 0 Å². The summed E-state index contributed by atoms with van der Waals surface area (Å²) in [6.07, 6.45) is 0.116. The topological polar surface area (TPSA) is 112 Å². The summed E-state index contributed by atoms with van der Waals surface area (Å²) in [4.78, 5) is 29.7. The minimum Gasteiger partial charge on any atom is -0.478 e. The highest BCUT2D eigenvalue weighted by molar-refractivity contribution is 6.15. The maximum atomic E-state index is 9.96. The smallest absolute Gasteiger partial charge is 0.343 e. The molecule has 0 fully saturated rings. The highest BCUT2D eigenvalue weighted by Crippen LogP contribution is 1.93. The lowest BCUT2D eigenvalue weighted by Crippen LogP contribution is -2.12. The van der Waals surface area contributed by atoms with Gasteiger partial charge in [0.25, 0.3) is 0 Å². The van der Waals surface area contributed by atoms with E-state index >= 15 is 0 Å². The number of aliphatic carboxylic acids is 3. The first-order valence-electron chi connectivity index (χ1n) is 2.36. The van der Waals surface area contributed by atoms with Gasteiger partial charge in [0.1, 0.15) is 0 Å². The molecule has 0 saturated carbocycles. The largest absolute Gasteiger partial charge is 0.478 e. The first kappa shape index (κ1) is 9.15. The van der Waals surface area contributed by atoms with Crippen molar-refractivity contribution in [2.45, 2.75) is 0 Å². The van der Waals surface area contributed by atoms with Crippen LogP contribution in [0.15, 0.2) is 11.6 Å². The van der Waals surface area contributed by atoms with E-state index in [-0.39, 0.29) is 6.08 Å². The molecule has 0 bridgehead atoms. The van der Waals surface area contributed by atoms with Gasteiger partial charge in [0.05, 0.1) is 0 Å². The molecular weight excluding hydrogens is 156 g/mol. The Morgan fingerprint density at radius 1 is 0.909 bits per heavy atom. The molecule has 0 aliphatic carbocycles. The summed E-state index contributed by atoms with van der Waals surface area (Å²) in [5, 5.41) is 24.1. The molecule has 0 aromatic rings. The van der Waals surface area contributed by atoms with Gasteiger partial charge in [0, 0.05) is 6.08 Å². The fourth-order valence-electron chi connectivity index (χ4n) is 0.338. The second kappa shape index (κ2) is 3.35. The fraction of sp³-hybridized carbons (Fsp3) is 0. The zero-order chi connectivity index (χ0) is 9.02. The summed E-state index contributed by atoms with van der Waals surface area (Å²) in [5.74, 6) is -5.16. The molecule has 0 atom stereocenters. The van der Waals surface area contributed by atoms with E-state index in [1.54, 1.807) is 0 Å². The number of carboxylic acid groups (broad SMARTS) is 3. The van der Waals surface area contributed by atoms with Crippen LogP contribution in [-0.2, 0) is 14.4 Å². The lowest BCUT2D eigenvalue weighted by atomic mass is 10.2. The van der Waals surface area contributed by atoms with Gasteiger partial charge in [0.2, 0.25) is 0 Å². The van der Waals surface area contributed by atoms with Crippen molar-refractivity contribution < 1.29 is 29.7 Å². The standard InChI is InChI=1S/C5H4O6/c6-3(7)1-2(4(8)9)5(10)11/h1H,(H,6,7)(H,8,9)(H,10,11). The van der Waals surface area contributed by atoms with Crippen LogP contribution in [0.4, 0.5) is 0 Å². The van der Waals surface area contributed by atoms with Gasteiger partial charge in [-0.15, -0.1) is 0 Å². The summed E-state index contributed by atoms with van der Waals surface area (Å²) in [5.41, 5.74) is -1.17. The molecule has 0 aromatic carbocycles. The van der Waals surface area contributed by atoms with Crippen LogP contribution in [-0.4, -0.2) is 33.2 Å². The summed E-state index contributed by atoms with van der Waals surface area (Å²) in [6.45, 7) is 0. The molecule has 0 saturated heterocycles. The lowest BCUT2D eigenvalue weighted by Gasteiger charge is -1.90. The molecule has 0 aliphatic rings. The van der Waals surface area contributed by atoms with Crippen molar-refractivity contribution in [1.29, 1.82) is 0 Å². The molecule has 0 spiro atoms. The predicted molar refractivity (Wildman–Crippen MR) is 31.0 cm³/mol. The van der Waals surface area contributed by atoms with Crippen molar-refractivity contribution in [1.82, 2.24) is 0 Å². The Labute approximate surface area is 60.4 Å². The van der Waals surface area contributed by atoms with Crippen LogP contribution in [0.1, 0.15) is 0 Å². The van der Waals surface area contributed by atoms with Crippen molar-refractivity contribution in [3.8, 4) is 0 Å². The zero-order valence-electron chi connectivity index (χ0n) is 5.14. The van der Waals surface area contributed by atoms with Gasteiger partial charge in [-0.3, -0.25) is 0 Å². The van der Waals surface area contributed by atoms with E-state index in [0.717, 1.165) is 0 Å². The number of carboxylic acids is 3. The molecule has 6 heteroatoms. The Kier molecular flexibility index (Phi) is 2.79. The van der Waals surface area contributed by atoms with E-state index in [0.29, 0.717) is 0 Å². The van der Waals surface area contributed by atoms with E-state index in [1.165, 1.54) is 0 Å². The van der Waals surface area contributed by atoms with Crippen molar-refractivity contribution in [3.63, 3.8) is 0 Å². The molecule has 0 aromatic heterocycles. The third-order valence-electron chi connectivity index (χ3n) is 0.729. The quantitative estimate of drug-likeness (QED) is 0.282. The molecule has 0 radical (unpaired) electrons. The minimum absolute atomic E-state index is 0.116. The maximum absolute atomic E-state index is 9.96. The third-order valence-corrected chi connectivity index (χ3v) is 0.729. The maximum Gasteiger partial charge on any atom is 0.343 e. The van der Waals surface area contributed by atoms with Gasteiger partial charge in [0.15, 0.2) is 5.57 Å². The number of hydrogen-bond donors (Lipinski definition) is 3. The highest BCUT2D eigenvalue weighted by atomic mass is 16.4. The third kappa shape index (κ3) is 2.99. The molecule has 3 N–H and O–H groups in total. The first-order chi connectivity index (χ1) is 4.95. The second-order valence-electron chi connectivity index (χ2n) is 1.51. The molecule has 0 rings (SSSR count). The monoisotopic (exact) mass is 160 g/mol. The van der Waals surface area contributed by atoms with Gasteiger partial charge in [-0.25, -0.2) is 14.4 Å². The summed E-state index contributed by atoms with van der Waals surface area (Å²) in [6, 6.07) is 0. The molecule has 6 nitrogen and oxygen atoms in total. The Morgan fingerprint density at radius 3 is 1.36 bits per heavy atom.